The molecule has 8 heteroatoms. The van der Waals surface area contributed by atoms with Gasteiger partial charge in [0, 0.05) is 12.3 Å². The molecule has 0 aliphatic carbocycles. The molecule has 0 aliphatic heterocycles. The van der Waals surface area contributed by atoms with Crippen LogP contribution in [0.3, 0.4) is 0 Å². The molecule has 0 atom stereocenters. The molecule has 2 N–H and O–H groups in total. The largest absolute Gasteiger partial charge is 0.427 e. The predicted molar refractivity (Wildman–Crippen MR) is 90.3 cm³/mol. The molecule has 126 valence electrons. The second-order valence-electron chi connectivity index (χ2n) is 6.13. The highest BCUT2D eigenvalue weighted by Gasteiger charge is 2.20. The van der Waals surface area contributed by atoms with Crippen molar-refractivity contribution in [2.24, 2.45) is 5.10 Å². The molecule has 0 saturated carbocycles. The Labute approximate surface area is 139 Å². The van der Waals surface area contributed by atoms with Gasteiger partial charge in [-0.2, -0.15) is 5.10 Å². The lowest BCUT2D eigenvalue weighted by Gasteiger charge is -2.15. The van der Waals surface area contributed by atoms with Crippen LogP contribution in [-0.2, 0) is 10.2 Å². The van der Waals surface area contributed by atoms with Crippen LogP contribution in [0, 0.1) is 0 Å². The molecular formula is C16H19N5O3. The summed E-state index contributed by atoms with van der Waals surface area (Å²) in [6.45, 7) is 7.00. The minimum atomic E-state index is -0.383. The SMILES string of the molecule is CC(=O)Oc1ccc(/C=N/Nc2nnc(C(C)(C)C)c(=O)[nH]2)cc1. The van der Waals surface area contributed by atoms with Crippen LogP contribution in [0.25, 0.3) is 0 Å². The molecule has 0 amide bonds. The third kappa shape index (κ3) is 4.73. The van der Waals surface area contributed by atoms with Gasteiger partial charge in [-0.3, -0.25) is 14.6 Å². The average molecular weight is 329 g/mol. The number of ether oxygens (including phenoxy) is 1. The maximum atomic E-state index is 12.0. The maximum absolute atomic E-state index is 12.0. The van der Waals surface area contributed by atoms with Crippen LogP contribution in [0.15, 0.2) is 34.2 Å². The molecule has 2 rings (SSSR count). The minimum Gasteiger partial charge on any atom is -0.427 e. The van der Waals surface area contributed by atoms with E-state index >= 15 is 0 Å². The number of hydrogen-bond donors (Lipinski definition) is 2. The number of anilines is 1. The highest BCUT2D eigenvalue weighted by molar-refractivity contribution is 5.80. The number of nitrogens with zero attached hydrogens (tertiary/aromatic N) is 3. The van der Waals surface area contributed by atoms with E-state index in [1.807, 2.05) is 20.8 Å². The lowest BCUT2D eigenvalue weighted by atomic mass is 9.93. The van der Waals surface area contributed by atoms with E-state index in [1.165, 1.54) is 13.1 Å². The number of rotatable bonds is 4. The van der Waals surface area contributed by atoms with Crippen molar-refractivity contribution in [3.8, 4) is 5.75 Å². The fraction of sp³-hybridized carbons (Fsp3) is 0.312. The van der Waals surface area contributed by atoms with Crippen molar-refractivity contribution in [3.05, 3.63) is 45.9 Å². The Morgan fingerprint density at radius 1 is 1.25 bits per heavy atom. The third-order valence-electron chi connectivity index (χ3n) is 2.93. The van der Waals surface area contributed by atoms with Crippen LogP contribution in [0.4, 0.5) is 5.95 Å². The number of carbonyl (C=O) groups excluding carboxylic acids is 1. The number of carbonyl (C=O) groups is 1. The molecule has 0 bridgehead atoms. The first-order valence-corrected chi connectivity index (χ1v) is 7.31. The van der Waals surface area contributed by atoms with Gasteiger partial charge in [-0.25, -0.2) is 5.43 Å². The van der Waals surface area contributed by atoms with Gasteiger partial charge in [-0.15, -0.1) is 10.2 Å². The molecule has 0 spiro atoms. The fourth-order valence-corrected chi connectivity index (χ4v) is 1.83. The molecule has 8 nitrogen and oxygen atoms in total. The molecule has 24 heavy (non-hydrogen) atoms. The van der Waals surface area contributed by atoms with Gasteiger partial charge in [0.15, 0.2) is 0 Å². The van der Waals surface area contributed by atoms with Crippen molar-refractivity contribution in [1.29, 1.82) is 0 Å². The van der Waals surface area contributed by atoms with Gasteiger partial charge in [-0.05, 0) is 29.8 Å². The number of aromatic amines is 1. The Balaban J connectivity index is 2.02. The summed E-state index contributed by atoms with van der Waals surface area (Å²) in [5.41, 5.74) is 3.06. The monoisotopic (exact) mass is 329 g/mol. The Morgan fingerprint density at radius 2 is 1.92 bits per heavy atom. The van der Waals surface area contributed by atoms with Crippen LogP contribution in [0.5, 0.6) is 5.75 Å². The topological polar surface area (TPSA) is 109 Å². The first-order valence-electron chi connectivity index (χ1n) is 7.31. The van der Waals surface area contributed by atoms with E-state index in [4.69, 9.17) is 4.74 Å². The second-order valence-corrected chi connectivity index (χ2v) is 6.13. The van der Waals surface area contributed by atoms with E-state index in [-0.39, 0.29) is 22.9 Å². The molecule has 0 fully saturated rings. The van der Waals surface area contributed by atoms with Crippen molar-refractivity contribution >= 4 is 18.1 Å². The molecule has 2 aromatic rings. The zero-order chi connectivity index (χ0) is 17.7. The smallest absolute Gasteiger partial charge is 0.308 e. The molecular weight excluding hydrogens is 310 g/mol. The Kier molecular flexibility index (Phi) is 5.08. The summed E-state index contributed by atoms with van der Waals surface area (Å²) in [6.07, 6.45) is 1.54. The Morgan fingerprint density at radius 3 is 2.46 bits per heavy atom. The molecule has 0 aliphatic rings. The second kappa shape index (κ2) is 7.03. The summed E-state index contributed by atoms with van der Waals surface area (Å²) in [7, 11) is 0. The van der Waals surface area contributed by atoms with Gasteiger partial charge >= 0.3 is 5.97 Å². The van der Waals surface area contributed by atoms with E-state index < -0.39 is 0 Å². The maximum Gasteiger partial charge on any atom is 0.308 e. The zero-order valence-electron chi connectivity index (χ0n) is 14.0. The van der Waals surface area contributed by atoms with E-state index in [9.17, 15) is 9.59 Å². The fourth-order valence-electron chi connectivity index (χ4n) is 1.83. The van der Waals surface area contributed by atoms with Gasteiger partial charge in [0.1, 0.15) is 11.4 Å². The van der Waals surface area contributed by atoms with Crippen molar-refractivity contribution in [3.63, 3.8) is 0 Å². The standard InChI is InChI=1S/C16H19N5O3/c1-10(22)24-12-7-5-11(6-8-12)9-17-20-15-18-14(23)13(19-21-15)16(2,3)4/h5-9H,1-4H3,(H2,18,20,21,23)/b17-9+. The molecule has 0 saturated heterocycles. The summed E-state index contributed by atoms with van der Waals surface area (Å²) < 4.78 is 4.94. The minimum absolute atomic E-state index is 0.154. The average Bonchev–Trinajstić information content (AvgIpc) is 2.47. The molecule has 1 aromatic heterocycles. The number of benzene rings is 1. The quantitative estimate of drug-likeness (QED) is 0.383. The zero-order valence-corrected chi connectivity index (χ0v) is 14.0. The number of nitrogens with one attached hydrogen (secondary N) is 2. The van der Waals surface area contributed by atoms with Crippen LogP contribution in [0.1, 0.15) is 39.0 Å². The van der Waals surface area contributed by atoms with Crippen molar-refractivity contribution < 1.29 is 9.53 Å². The van der Waals surface area contributed by atoms with Crippen LogP contribution >= 0.6 is 0 Å². The number of esters is 1. The summed E-state index contributed by atoms with van der Waals surface area (Å²) in [5, 5.41) is 11.8. The van der Waals surface area contributed by atoms with E-state index in [1.54, 1.807) is 24.3 Å². The first-order chi connectivity index (χ1) is 11.3. The van der Waals surface area contributed by atoms with Gasteiger partial charge < -0.3 is 4.74 Å². The van der Waals surface area contributed by atoms with Crippen molar-refractivity contribution in [2.75, 3.05) is 5.43 Å². The summed E-state index contributed by atoms with van der Waals surface area (Å²) >= 11 is 0. The highest BCUT2D eigenvalue weighted by Crippen LogP contribution is 2.15. The van der Waals surface area contributed by atoms with E-state index in [0.717, 1.165) is 5.56 Å². The normalized spacial score (nSPS) is 11.5. The van der Waals surface area contributed by atoms with E-state index in [2.05, 4.69) is 25.7 Å². The predicted octanol–water partition coefficient (Wildman–Crippen LogP) is 1.83. The Bertz CT molecular complexity index is 804. The Hall–Kier alpha value is -3.03. The van der Waals surface area contributed by atoms with Gasteiger partial charge in [-0.1, -0.05) is 20.8 Å². The molecule has 0 unspecified atom stereocenters. The lowest BCUT2D eigenvalue weighted by molar-refractivity contribution is -0.131. The lowest BCUT2D eigenvalue weighted by Crippen LogP contribution is -2.28. The molecule has 1 aromatic carbocycles. The van der Waals surface area contributed by atoms with Crippen molar-refractivity contribution in [1.82, 2.24) is 15.2 Å². The number of hydrazone groups is 1. The summed E-state index contributed by atoms with van der Waals surface area (Å²) in [6, 6.07) is 6.78. The van der Waals surface area contributed by atoms with Gasteiger partial charge in [0.05, 0.1) is 6.21 Å². The van der Waals surface area contributed by atoms with Crippen LogP contribution < -0.4 is 15.7 Å². The third-order valence-corrected chi connectivity index (χ3v) is 2.93. The van der Waals surface area contributed by atoms with Crippen LogP contribution in [0.2, 0.25) is 0 Å². The van der Waals surface area contributed by atoms with Crippen molar-refractivity contribution in [2.45, 2.75) is 33.1 Å². The highest BCUT2D eigenvalue weighted by atomic mass is 16.5. The number of H-pyrrole nitrogens is 1. The van der Waals surface area contributed by atoms with Crippen LogP contribution in [-0.4, -0.2) is 27.4 Å². The summed E-state index contributed by atoms with van der Waals surface area (Å²) in [5.74, 6) is 0.237. The van der Waals surface area contributed by atoms with E-state index in [0.29, 0.717) is 11.4 Å². The number of hydrogen-bond acceptors (Lipinski definition) is 7. The number of aromatic nitrogens is 3. The summed E-state index contributed by atoms with van der Waals surface area (Å²) in [4.78, 5) is 25.4. The van der Waals surface area contributed by atoms with Gasteiger partial charge in [0.2, 0.25) is 5.95 Å². The molecule has 0 radical (unpaired) electrons. The molecule has 1 heterocycles. The first kappa shape index (κ1) is 17.3. The van der Waals surface area contributed by atoms with Gasteiger partial charge in [0.25, 0.3) is 5.56 Å².